The average molecular weight is 384 g/mol. The van der Waals surface area contributed by atoms with Crippen molar-refractivity contribution in [3.63, 3.8) is 0 Å². The van der Waals surface area contributed by atoms with Crippen LogP contribution in [0.3, 0.4) is 0 Å². The number of hydrogen-bond donors (Lipinski definition) is 2. The lowest BCUT2D eigenvalue weighted by atomic mass is 10.1. The molecule has 0 aromatic heterocycles. The maximum atomic E-state index is 12.0. The fourth-order valence-corrected chi connectivity index (χ4v) is 2.53. The molecule has 1 aliphatic heterocycles. The van der Waals surface area contributed by atoms with E-state index in [2.05, 4.69) is 10.6 Å². The molecule has 0 radical (unpaired) electrons. The maximum Gasteiger partial charge on any atom is 0.338 e. The van der Waals surface area contributed by atoms with Gasteiger partial charge in [0.05, 0.1) is 5.56 Å². The standard InChI is InChI=1S/C20H20N2O6/c1-12-3-4-14(9-13(12)2)19(24)28-11-18(23)22-20(25)21-15-5-6-16-17(10-15)27-8-7-26-16/h3-6,9-10H,7-8,11H2,1-2H3,(H2,21,22,23,25). The topological polar surface area (TPSA) is 103 Å². The van der Waals surface area contributed by atoms with E-state index in [4.69, 9.17) is 14.2 Å². The van der Waals surface area contributed by atoms with Crippen LogP contribution in [0.25, 0.3) is 0 Å². The van der Waals surface area contributed by atoms with Crippen LogP contribution in [-0.2, 0) is 9.53 Å². The van der Waals surface area contributed by atoms with Crippen LogP contribution in [0.15, 0.2) is 36.4 Å². The summed E-state index contributed by atoms with van der Waals surface area (Å²) in [5.41, 5.74) is 2.76. The number of imide groups is 1. The summed E-state index contributed by atoms with van der Waals surface area (Å²) in [5, 5.41) is 4.61. The molecule has 2 N–H and O–H groups in total. The van der Waals surface area contributed by atoms with Gasteiger partial charge in [-0.3, -0.25) is 10.1 Å². The largest absolute Gasteiger partial charge is 0.486 e. The Morgan fingerprint density at radius 2 is 1.71 bits per heavy atom. The predicted octanol–water partition coefficient (Wildman–Crippen LogP) is 2.58. The van der Waals surface area contributed by atoms with E-state index in [0.717, 1.165) is 11.1 Å². The Kier molecular flexibility index (Phi) is 5.78. The van der Waals surface area contributed by atoms with Gasteiger partial charge in [0, 0.05) is 11.8 Å². The maximum absolute atomic E-state index is 12.0. The van der Waals surface area contributed by atoms with Gasteiger partial charge in [-0.15, -0.1) is 0 Å². The first-order valence-electron chi connectivity index (χ1n) is 8.67. The Bertz CT molecular complexity index is 925. The molecule has 1 aliphatic rings. The van der Waals surface area contributed by atoms with Crippen molar-refractivity contribution in [2.24, 2.45) is 0 Å². The minimum absolute atomic E-state index is 0.344. The fraction of sp³-hybridized carbons (Fsp3) is 0.250. The van der Waals surface area contributed by atoms with Crippen molar-refractivity contribution in [2.75, 3.05) is 25.1 Å². The highest BCUT2D eigenvalue weighted by molar-refractivity contribution is 6.02. The molecule has 28 heavy (non-hydrogen) atoms. The highest BCUT2D eigenvalue weighted by atomic mass is 16.6. The SMILES string of the molecule is Cc1ccc(C(=O)OCC(=O)NC(=O)Nc2ccc3c(c2)OCCO3)cc1C. The quantitative estimate of drug-likeness (QED) is 0.786. The summed E-state index contributed by atoms with van der Waals surface area (Å²) in [6, 6.07) is 9.24. The number of rotatable bonds is 4. The number of aryl methyl sites for hydroxylation is 2. The number of urea groups is 1. The molecule has 0 unspecified atom stereocenters. The second-order valence-corrected chi connectivity index (χ2v) is 6.24. The van der Waals surface area contributed by atoms with Crippen LogP contribution >= 0.6 is 0 Å². The second-order valence-electron chi connectivity index (χ2n) is 6.24. The van der Waals surface area contributed by atoms with Crippen LogP contribution in [0.5, 0.6) is 11.5 Å². The van der Waals surface area contributed by atoms with Crippen molar-refractivity contribution in [1.82, 2.24) is 5.32 Å². The van der Waals surface area contributed by atoms with Crippen molar-refractivity contribution in [2.45, 2.75) is 13.8 Å². The van der Waals surface area contributed by atoms with E-state index in [1.807, 2.05) is 13.8 Å². The number of esters is 1. The van der Waals surface area contributed by atoms with Gasteiger partial charge in [-0.1, -0.05) is 6.07 Å². The Morgan fingerprint density at radius 3 is 2.46 bits per heavy atom. The van der Waals surface area contributed by atoms with Crippen molar-refractivity contribution < 1.29 is 28.6 Å². The molecule has 0 bridgehead atoms. The molecule has 0 fully saturated rings. The molecule has 0 saturated carbocycles. The van der Waals surface area contributed by atoms with Gasteiger partial charge in [-0.05, 0) is 49.2 Å². The number of carbonyl (C=O) groups is 3. The van der Waals surface area contributed by atoms with E-state index >= 15 is 0 Å². The normalized spacial score (nSPS) is 12.1. The molecule has 2 aromatic carbocycles. The van der Waals surface area contributed by atoms with E-state index in [0.29, 0.717) is 36.0 Å². The van der Waals surface area contributed by atoms with Crippen LogP contribution in [-0.4, -0.2) is 37.7 Å². The molecule has 2 aromatic rings. The molecule has 0 atom stereocenters. The van der Waals surface area contributed by atoms with Crippen LogP contribution in [0.2, 0.25) is 0 Å². The minimum atomic E-state index is -0.746. The summed E-state index contributed by atoms with van der Waals surface area (Å²) in [6.45, 7) is 4.13. The number of anilines is 1. The van der Waals surface area contributed by atoms with Crippen molar-refractivity contribution in [1.29, 1.82) is 0 Å². The Hall–Kier alpha value is -3.55. The molecule has 1 heterocycles. The molecule has 3 rings (SSSR count). The van der Waals surface area contributed by atoms with E-state index in [-0.39, 0.29) is 0 Å². The van der Waals surface area contributed by atoms with E-state index in [9.17, 15) is 14.4 Å². The Balaban J connectivity index is 1.48. The molecular formula is C20H20N2O6. The molecule has 8 heteroatoms. The summed E-state index contributed by atoms with van der Waals surface area (Å²) in [5.74, 6) is -0.276. The highest BCUT2D eigenvalue weighted by Crippen LogP contribution is 2.32. The van der Waals surface area contributed by atoms with Crippen molar-refractivity contribution in [3.8, 4) is 11.5 Å². The molecule has 146 valence electrons. The molecule has 0 aliphatic carbocycles. The number of hydrogen-bond acceptors (Lipinski definition) is 6. The van der Waals surface area contributed by atoms with E-state index in [1.165, 1.54) is 0 Å². The lowest BCUT2D eigenvalue weighted by Crippen LogP contribution is -2.37. The first-order valence-corrected chi connectivity index (χ1v) is 8.67. The van der Waals surface area contributed by atoms with Gasteiger partial charge in [0.1, 0.15) is 13.2 Å². The molecule has 3 amide bonds. The van der Waals surface area contributed by atoms with Gasteiger partial charge < -0.3 is 19.5 Å². The third-order valence-electron chi connectivity index (χ3n) is 4.13. The summed E-state index contributed by atoms with van der Waals surface area (Å²) in [7, 11) is 0. The van der Waals surface area contributed by atoms with Crippen LogP contribution in [0.4, 0.5) is 10.5 Å². The lowest BCUT2D eigenvalue weighted by molar-refractivity contribution is -0.123. The summed E-state index contributed by atoms with van der Waals surface area (Å²) < 4.78 is 15.8. The highest BCUT2D eigenvalue weighted by Gasteiger charge is 2.15. The monoisotopic (exact) mass is 384 g/mol. The zero-order chi connectivity index (χ0) is 20.1. The van der Waals surface area contributed by atoms with Gasteiger partial charge in [0.25, 0.3) is 5.91 Å². The van der Waals surface area contributed by atoms with Crippen LogP contribution in [0, 0.1) is 13.8 Å². The number of carbonyl (C=O) groups excluding carboxylic acids is 3. The predicted molar refractivity (Wildman–Crippen MR) is 101 cm³/mol. The summed E-state index contributed by atoms with van der Waals surface area (Å²) >= 11 is 0. The van der Waals surface area contributed by atoms with Gasteiger partial charge in [0.2, 0.25) is 0 Å². The number of ether oxygens (including phenoxy) is 3. The van der Waals surface area contributed by atoms with Crippen LogP contribution in [0.1, 0.15) is 21.5 Å². The average Bonchev–Trinajstić information content (AvgIpc) is 2.68. The number of benzene rings is 2. The third kappa shape index (κ3) is 4.79. The Morgan fingerprint density at radius 1 is 0.964 bits per heavy atom. The Labute approximate surface area is 161 Å². The first kappa shape index (κ1) is 19.2. The molecule has 8 nitrogen and oxygen atoms in total. The molecular weight excluding hydrogens is 364 g/mol. The van der Waals surface area contributed by atoms with Gasteiger partial charge in [0.15, 0.2) is 18.1 Å². The summed E-state index contributed by atoms with van der Waals surface area (Å²) in [6.07, 6.45) is 0. The molecule has 0 saturated heterocycles. The van der Waals surface area contributed by atoms with Crippen molar-refractivity contribution in [3.05, 3.63) is 53.1 Å². The molecule has 0 spiro atoms. The smallest absolute Gasteiger partial charge is 0.338 e. The number of fused-ring (bicyclic) bond motifs is 1. The first-order chi connectivity index (χ1) is 13.4. The number of amides is 3. The minimum Gasteiger partial charge on any atom is -0.486 e. The summed E-state index contributed by atoms with van der Waals surface area (Å²) in [4.78, 5) is 35.8. The van der Waals surface area contributed by atoms with Gasteiger partial charge in [-0.2, -0.15) is 0 Å². The zero-order valence-corrected chi connectivity index (χ0v) is 15.5. The van der Waals surface area contributed by atoms with E-state index in [1.54, 1.807) is 36.4 Å². The van der Waals surface area contributed by atoms with Gasteiger partial charge in [-0.25, -0.2) is 9.59 Å². The third-order valence-corrected chi connectivity index (χ3v) is 4.13. The lowest BCUT2D eigenvalue weighted by Gasteiger charge is -2.19. The van der Waals surface area contributed by atoms with Gasteiger partial charge >= 0.3 is 12.0 Å². The fourth-order valence-electron chi connectivity index (χ4n) is 2.53. The van der Waals surface area contributed by atoms with E-state index < -0.39 is 24.5 Å². The second kappa shape index (κ2) is 8.43. The van der Waals surface area contributed by atoms with Crippen molar-refractivity contribution >= 4 is 23.6 Å². The zero-order valence-electron chi connectivity index (χ0n) is 15.5. The van der Waals surface area contributed by atoms with Crippen LogP contribution < -0.4 is 20.1 Å². The number of nitrogens with one attached hydrogen (secondary N) is 2.